The normalized spacial score (nSPS) is 14.6. The highest BCUT2D eigenvalue weighted by molar-refractivity contribution is 5.92. The Morgan fingerprint density at radius 1 is 1.42 bits per heavy atom. The summed E-state index contributed by atoms with van der Waals surface area (Å²) < 4.78 is 5.08. The van der Waals surface area contributed by atoms with Crippen molar-refractivity contribution in [3.05, 3.63) is 35.9 Å². The number of rotatable bonds is 6. The minimum absolute atomic E-state index is 0.0125. The van der Waals surface area contributed by atoms with Gasteiger partial charge in [0, 0.05) is 18.7 Å². The van der Waals surface area contributed by atoms with Gasteiger partial charge in [-0.05, 0) is 36.6 Å². The molecule has 4 nitrogen and oxygen atoms in total. The van der Waals surface area contributed by atoms with Crippen molar-refractivity contribution in [3.8, 4) is 5.75 Å². The molecule has 19 heavy (non-hydrogen) atoms. The zero-order valence-corrected chi connectivity index (χ0v) is 11.1. The van der Waals surface area contributed by atoms with Crippen LogP contribution in [-0.4, -0.2) is 42.2 Å². The predicted octanol–water partition coefficient (Wildman–Crippen LogP) is 1.69. The van der Waals surface area contributed by atoms with Gasteiger partial charge >= 0.3 is 0 Å². The summed E-state index contributed by atoms with van der Waals surface area (Å²) in [6.45, 7) is 0.426. The lowest BCUT2D eigenvalue weighted by molar-refractivity contribution is -0.127. The first-order valence-corrected chi connectivity index (χ1v) is 6.48. The first-order chi connectivity index (χ1) is 9.24. The highest BCUT2D eigenvalue weighted by atomic mass is 16.5. The largest absolute Gasteiger partial charge is 0.497 e. The van der Waals surface area contributed by atoms with Crippen LogP contribution in [0.5, 0.6) is 5.75 Å². The van der Waals surface area contributed by atoms with Crippen molar-refractivity contribution < 1.29 is 14.6 Å². The number of aliphatic hydroxyl groups excluding tert-OH is 1. The SMILES string of the molecule is COc1ccc(/C=C/C(=O)N(CCO)C2CC2)cc1. The van der Waals surface area contributed by atoms with Gasteiger partial charge in [-0.15, -0.1) is 0 Å². The Balaban J connectivity index is 1.97. The van der Waals surface area contributed by atoms with E-state index in [1.165, 1.54) is 0 Å². The van der Waals surface area contributed by atoms with E-state index >= 15 is 0 Å². The molecule has 0 saturated heterocycles. The third-order valence-electron chi connectivity index (χ3n) is 3.15. The Morgan fingerprint density at radius 2 is 2.11 bits per heavy atom. The Hall–Kier alpha value is -1.81. The van der Waals surface area contributed by atoms with Crippen molar-refractivity contribution in [2.75, 3.05) is 20.3 Å². The maximum absolute atomic E-state index is 12.0. The third-order valence-corrected chi connectivity index (χ3v) is 3.15. The van der Waals surface area contributed by atoms with Gasteiger partial charge in [-0.1, -0.05) is 12.1 Å². The summed E-state index contributed by atoms with van der Waals surface area (Å²) in [6.07, 6.45) is 5.44. The van der Waals surface area contributed by atoms with Crippen LogP contribution in [0, 0.1) is 0 Å². The highest BCUT2D eigenvalue weighted by Crippen LogP contribution is 2.26. The van der Waals surface area contributed by atoms with Gasteiger partial charge in [-0.25, -0.2) is 0 Å². The lowest BCUT2D eigenvalue weighted by Crippen LogP contribution is -2.34. The molecule has 1 aromatic carbocycles. The summed E-state index contributed by atoms with van der Waals surface area (Å²) >= 11 is 0. The van der Waals surface area contributed by atoms with Gasteiger partial charge in [0.15, 0.2) is 0 Å². The smallest absolute Gasteiger partial charge is 0.246 e. The summed E-state index contributed by atoms with van der Waals surface area (Å²) in [4.78, 5) is 13.8. The molecule has 0 aliphatic heterocycles. The number of methoxy groups -OCH3 is 1. The molecule has 1 aromatic rings. The Labute approximate surface area is 113 Å². The molecular weight excluding hydrogens is 242 g/mol. The molecular formula is C15H19NO3. The first kappa shape index (κ1) is 13.6. The highest BCUT2D eigenvalue weighted by Gasteiger charge is 2.30. The van der Waals surface area contributed by atoms with Crippen molar-refractivity contribution in [3.63, 3.8) is 0 Å². The molecule has 0 atom stereocenters. The summed E-state index contributed by atoms with van der Waals surface area (Å²) in [5.41, 5.74) is 0.953. The Morgan fingerprint density at radius 3 is 2.63 bits per heavy atom. The predicted molar refractivity (Wildman–Crippen MR) is 73.8 cm³/mol. The second-order valence-corrected chi connectivity index (χ2v) is 4.59. The lowest BCUT2D eigenvalue weighted by atomic mass is 10.2. The molecule has 1 aliphatic carbocycles. The molecule has 4 heteroatoms. The van der Waals surface area contributed by atoms with Crippen molar-refractivity contribution in [2.45, 2.75) is 18.9 Å². The van der Waals surface area contributed by atoms with Crippen molar-refractivity contribution in [2.24, 2.45) is 0 Å². The van der Waals surface area contributed by atoms with Gasteiger partial charge in [0.05, 0.1) is 13.7 Å². The Kier molecular flexibility index (Phi) is 4.58. The van der Waals surface area contributed by atoms with Crippen LogP contribution in [0.3, 0.4) is 0 Å². The second kappa shape index (κ2) is 6.38. The van der Waals surface area contributed by atoms with Crippen LogP contribution >= 0.6 is 0 Å². The van der Waals surface area contributed by atoms with E-state index in [0.717, 1.165) is 24.2 Å². The number of hydrogen-bond acceptors (Lipinski definition) is 3. The van der Waals surface area contributed by atoms with Crippen LogP contribution in [0.1, 0.15) is 18.4 Å². The molecule has 0 unspecified atom stereocenters. The third kappa shape index (κ3) is 3.83. The van der Waals surface area contributed by atoms with E-state index in [-0.39, 0.29) is 12.5 Å². The molecule has 1 N–H and O–H groups in total. The fourth-order valence-corrected chi connectivity index (χ4v) is 1.94. The summed E-state index contributed by atoms with van der Waals surface area (Å²) in [7, 11) is 1.62. The van der Waals surface area contributed by atoms with Crippen LogP contribution in [0.25, 0.3) is 6.08 Å². The average Bonchev–Trinajstić information content (AvgIpc) is 3.27. The number of hydrogen-bond donors (Lipinski definition) is 1. The van der Waals surface area contributed by atoms with E-state index in [9.17, 15) is 4.79 Å². The molecule has 1 saturated carbocycles. The average molecular weight is 261 g/mol. The molecule has 2 rings (SSSR count). The molecule has 0 heterocycles. The monoisotopic (exact) mass is 261 g/mol. The van der Waals surface area contributed by atoms with E-state index in [1.54, 1.807) is 24.2 Å². The summed E-state index contributed by atoms with van der Waals surface area (Å²) in [6, 6.07) is 7.83. The van der Waals surface area contributed by atoms with E-state index < -0.39 is 0 Å². The zero-order chi connectivity index (χ0) is 13.7. The molecule has 102 valence electrons. The maximum atomic E-state index is 12.0. The van der Waals surface area contributed by atoms with Crippen molar-refractivity contribution in [1.29, 1.82) is 0 Å². The standard InChI is InChI=1S/C15H19NO3/c1-19-14-7-2-12(3-8-14)4-9-15(18)16(10-11-17)13-5-6-13/h2-4,7-9,13,17H,5-6,10-11H2,1H3/b9-4+. The first-order valence-electron chi connectivity index (χ1n) is 6.48. The fraction of sp³-hybridized carbons (Fsp3) is 0.400. The van der Waals surface area contributed by atoms with Gasteiger partial charge < -0.3 is 14.7 Å². The van der Waals surface area contributed by atoms with E-state index in [2.05, 4.69) is 0 Å². The van der Waals surface area contributed by atoms with Gasteiger partial charge in [-0.2, -0.15) is 0 Å². The van der Waals surface area contributed by atoms with Crippen LogP contribution in [0.4, 0.5) is 0 Å². The molecule has 0 bridgehead atoms. The lowest BCUT2D eigenvalue weighted by Gasteiger charge is -2.19. The van der Waals surface area contributed by atoms with E-state index in [1.807, 2.05) is 24.3 Å². The van der Waals surface area contributed by atoms with Crippen LogP contribution in [0.15, 0.2) is 30.3 Å². The molecule has 1 aliphatic rings. The van der Waals surface area contributed by atoms with Crippen molar-refractivity contribution in [1.82, 2.24) is 4.90 Å². The summed E-state index contributed by atoms with van der Waals surface area (Å²) in [5, 5.41) is 8.97. The molecule has 1 fully saturated rings. The number of ether oxygens (including phenoxy) is 1. The topological polar surface area (TPSA) is 49.8 Å². The van der Waals surface area contributed by atoms with Gasteiger partial charge in [0.1, 0.15) is 5.75 Å². The maximum Gasteiger partial charge on any atom is 0.246 e. The summed E-state index contributed by atoms with van der Waals surface area (Å²) in [5.74, 6) is 0.760. The van der Waals surface area contributed by atoms with Crippen LogP contribution in [-0.2, 0) is 4.79 Å². The number of carbonyl (C=O) groups is 1. The minimum atomic E-state index is -0.0348. The van der Waals surface area contributed by atoms with E-state index in [4.69, 9.17) is 9.84 Å². The number of aliphatic hydroxyl groups is 1. The molecule has 0 radical (unpaired) electrons. The zero-order valence-electron chi connectivity index (χ0n) is 11.1. The number of nitrogens with zero attached hydrogens (tertiary/aromatic N) is 1. The van der Waals surface area contributed by atoms with Gasteiger partial charge in [0.2, 0.25) is 5.91 Å². The fourth-order valence-electron chi connectivity index (χ4n) is 1.94. The molecule has 1 amide bonds. The number of carbonyl (C=O) groups excluding carboxylic acids is 1. The molecule has 0 spiro atoms. The number of benzene rings is 1. The van der Waals surface area contributed by atoms with Crippen LogP contribution in [0.2, 0.25) is 0 Å². The van der Waals surface area contributed by atoms with Crippen LogP contribution < -0.4 is 4.74 Å². The van der Waals surface area contributed by atoms with Gasteiger partial charge in [0.25, 0.3) is 0 Å². The quantitative estimate of drug-likeness (QED) is 0.793. The Bertz CT molecular complexity index is 449. The second-order valence-electron chi connectivity index (χ2n) is 4.59. The van der Waals surface area contributed by atoms with E-state index in [0.29, 0.717) is 12.6 Å². The minimum Gasteiger partial charge on any atom is -0.497 e. The molecule has 0 aromatic heterocycles. The van der Waals surface area contributed by atoms with Crippen molar-refractivity contribution >= 4 is 12.0 Å². The van der Waals surface area contributed by atoms with Gasteiger partial charge in [-0.3, -0.25) is 4.79 Å². The number of amides is 1.